The van der Waals surface area contributed by atoms with Crippen LogP contribution in [0.15, 0.2) is 41.9 Å². The van der Waals surface area contributed by atoms with Crippen molar-refractivity contribution in [2.24, 2.45) is 0 Å². The van der Waals surface area contributed by atoms with E-state index in [1.807, 2.05) is 42.6 Å². The summed E-state index contributed by atoms with van der Waals surface area (Å²) in [6.07, 6.45) is 7.32. The van der Waals surface area contributed by atoms with Gasteiger partial charge < -0.3 is 10.6 Å². The normalized spacial score (nSPS) is 16.7. The number of hydrogen-bond donors (Lipinski definition) is 3. The van der Waals surface area contributed by atoms with Gasteiger partial charge in [-0.1, -0.05) is 56.5 Å². The minimum absolute atomic E-state index is 0.0198. The molecule has 2 amide bonds. The van der Waals surface area contributed by atoms with Gasteiger partial charge in [-0.05, 0) is 24.8 Å². The molecule has 3 rings (SSSR count). The number of hydrogen-bond acceptors (Lipinski definition) is 5. The first kappa shape index (κ1) is 21.5. The molecule has 1 heterocycles. The lowest BCUT2D eigenvalue weighted by molar-refractivity contribution is -0.129. The fraction of sp³-hybridized carbons (Fsp3) is 0.500. The Morgan fingerprint density at radius 1 is 1.17 bits per heavy atom. The molecule has 29 heavy (non-hydrogen) atoms. The van der Waals surface area contributed by atoms with Crippen molar-refractivity contribution in [3.8, 4) is 0 Å². The van der Waals surface area contributed by atoms with Crippen LogP contribution in [0, 0.1) is 0 Å². The predicted octanol–water partition coefficient (Wildman–Crippen LogP) is 3.17. The van der Waals surface area contributed by atoms with Crippen molar-refractivity contribution in [1.82, 2.24) is 20.9 Å². The van der Waals surface area contributed by atoms with Crippen molar-refractivity contribution < 1.29 is 9.59 Å². The van der Waals surface area contributed by atoms with Gasteiger partial charge in [0.15, 0.2) is 0 Å². The summed E-state index contributed by atoms with van der Waals surface area (Å²) in [6, 6.07) is 9.54. The topological polar surface area (TPSA) is 83.1 Å². The number of nitrogens with one attached hydrogen (secondary N) is 3. The standard InChI is InChI=1S/C22H30N4O2S/c1-2-13-24-21(28)22(11-7-4-8-12-22)25-16-18(27)26-19(20-23-14-15-29-20)17-9-5-3-6-10-17/h3,5-6,9-10,14-15,19,25H,2,4,7-8,11-13,16H2,1H3,(H,24,28)(H,26,27). The Morgan fingerprint density at radius 3 is 2.59 bits per heavy atom. The second kappa shape index (κ2) is 10.5. The Labute approximate surface area is 176 Å². The smallest absolute Gasteiger partial charge is 0.240 e. The summed E-state index contributed by atoms with van der Waals surface area (Å²) in [5.41, 5.74) is 0.345. The molecule has 0 spiro atoms. The molecule has 2 aromatic rings. The highest BCUT2D eigenvalue weighted by molar-refractivity contribution is 7.09. The average molecular weight is 415 g/mol. The molecule has 1 aromatic heterocycles. The molecule has 1 atom stereocenters. The summed E-state index contributed by atoms with van der Waals surface area (Å²) in [6.45, 7) is 2.81. The second-order valence-electron chi connectivity index (χ2n) is 7.53. The van der Waals surface area contributed by atoms with Crippen molar-refractivity contribution >= 4 is 23.2 Å². The van der Waals surface area contributed by atoms with E-state index >= 15 is 0 Å². The largest absolute Gasteiger partial charge is 0.355 e. The highest BCUT2D eigenvalue weighted by Crippen LogP contribution is 2.28. The fourth-order valence-corrected chi connectivity index (χ4v) is 4.53. The Balaban J connectivity index is 1.66. The highest BCUT2D eigenvalue weighted by Gasteiger charge is 2.39. The van der Waals surface area contributed by atoms with Crippen LogP contribution in [-0.2, 0) is 9.59 Å². The Morgan fingerprint density at radius 2 is 1.93 bits per heavy atom. The fourth-order valence-electron chi connectivity index (χ4n) is 3.82. The molecule has 1 unspecified atom stereocenters. The van der Waals surface area contributed by atoms with Gasteiger partial charge in [-0.25, -0.2) is 4.98 Å². The molecular weight excluding hydrogens is 384 g/mol. The van der Waals surface area contributed by atoms with Crippen LogP contribution < -0.4 is 16.0 Å². The van der Waals surface area contributed by atoms with Gasteiger partial charge in [0.2, 0.25) is 11.8 Å². The maximum Gasteiger partial charge on any atom is 0.240 e. The summed E-state index contributed by atoms with van der Waals surface area (Å²) < 4.78 is 0. The van der Waals surface area contributed by atoms with Crippen molar-refractivity contribution in [2.75, 3.05) is 13.1 Å². The minimum Gasteiger partial charge on any atom is -0.355 e. The minimum atomic E-state index is -0.645. The molecule has 0 aliphatic heterocycles. The van der Waals surface area contributed by atoms with Gasteiger partial charge >= 0.3 is 0 Å². The molecule has 0 radical (unpaired) electrons. The monoisotopic (exact) mass is 414 g/mol. The first-order chi connectivity index (χ1) is 14.1. The number of carbonyl (C=O) groups excluding carboxylic acids is 2. The molecule has 1 fully saturated rings. The van der Waals surface area contributed by atoms with Crippen LogP contribution in [-0.4, -0.2) is 35.4 Å². The van der Waals surface area contributed by atoms with Crippen LogP contribution in [0.25, 0.3) is 0 Å². The van der Waals surface area contributed by atoms with E-state index in [9.17, 15) is 9.59 Å². The van der Waals surface area contributed by atoms with Gasteiger partial charge in [-0.3, -0.25) is 14.9 Å². The third kappa shape index (κ3) is 5.64. The quantitative estimate of drug-likeness (QED) is 0.589. The third-order valence-corrected chi connectivity index (χ3v) is 6.24. The SMILES string of the molecule is CCCNC(=O)C1(NCC(=O)NC(c2ccccc2)c2nccs2)CCCCC1. The summed E-state index contributed by atoms with van der Waals surface area (Å²) in [4.78, 5) is 30.0. The molecule has 6 nitrogen and oxygen atoms in total. The number of carbonyl (C=O) groups is 2. The van der Waals surface area contributed by atoms with Crippen molar-refractivity contribution in [3.63, 3.8) is 0 Å². The van der Waals surface area contributed by atoms with E-state index < -0.39 is 5.54 Å². The molecule has 1 aromatic carbocycles. The van der Waals surface area contributed by atoms with E-state index in [1.54, 1.807) is 6.20 Å². The molecule has 156 valence electrons. The van der Waals surface area contributed by atoms with E-state index in [-0.39, 0.29) is 24.4 Å². The molecule has 0 bridgehead atoms. The maximum atomic E-state index is 12.8. The zero-order valence-corrected chi connectivity index (χ0v) is 17.8. The summed E-state index contributed by atoms with van der Waals surface area (Å²) >= 11 is 1.52. The molecule has 1 saturated carbocycles. The van der Waals surface area contributed by atoms with Gasteiger partial charge in [0, 0.05) is 18.1 Å². The summed E-state index contributed by atoms with van der Waals surface area (Å²) in [7, 11) is 0. The van der Waals surface area contributed by atoms with E-state index in [4.69, 9.17) is 0 Å². The summed E-state index contributed by atoms with van der Waals surface area (Å²) in [5, 5.41) is 12.2. The van der Waals surface area contributed by atoms with Crippen molar-refractivity contribution in [2.45, 2.75) is 57.0 Å². The molecule has 0 saturated heterocycles. The summed E-state index contributed by atoms with van der Waals surface area (Å²) in [5.74, 6) is -0.117. The van der Waals surface area contributed by atoms with Gasteiger partial charge in [0.05, 0.1) is 12.1 Å². The molecule has 1 aliphatic carbocycles. The molecule has 7 heteroatoms. The number of thiazole rings is 1. The molecular formula is C22H30N4O2S. The zero-order valence-electron chi connectivity index (χ0n) is 16.9. The Kier molecular flexibility index (Phi) is 7.77. The van der Waals surface area contributed by atoms with E-state index in [0.717, 1.165) is 49.1 Å². The van der Waals surface area contributed by atoms with E-state index in [2.05, 4.69) is 20.9 Å². The van der Waals surface area contributed by atoms with Gasteiger partial charge in [-0.2, -0.15) is 0 Å². The third-order valence-electron chi connectivity index (χ3n) is 5.40. The number of nitrogens with zero attached hydrogens (tertiary/aromatic N) is 1. The van der Waals surface area contributed by atoms with Crippen LogP contribution in [0.3, 0.4) is 0 Å². The van der Waals surface area contributed by atoms with Gasteiger partial charge in [-0.15, -0.1) is 11.3 Å². The Hall–Kier alpha value is -2.25. The van der Waals surface area contributed by atoms with Gasteiger partial charge in [0.1, 0.15) is 11.0 Å². The van der Waals surface area contributed by atoms with Crippen LogP contribution in [0.1, 0.15) is 62.1 Å². The van der Waals surface area contributed by atoms with Crippen LogP contribution in [0.4, 0.5) is 0 Å². The molecule has 3 N–H and O–H groups in total. The van der Waals surface area contributed by atoms with Crippen molar-refractivity contribution in [1.29, 1.82) is 0 Å². The lowest BCUT2D eigenvalue weighted by Gasteiger charge is -2.36. The van der Waals surface area contributed by atoms with Crippen LogP contribution in [0.2, 0.25) is 0 Å². The van der Waals surface area contributed by atoms with Crippen LogP contribution >= 0.6 is 11.3 Å². The average Bonchev–Trinajstić information content (AvgIpc) is 3.30. The lowest BCUT2D eigenvalue weighted by Crippen LogP contribution is -2.59. The van der Waals surface area contributed by atoms with E-state index in [0.29, 0.717) is 6.54 Å². The number of benzene rings is 1. The number of rotatable bonds is 9. The Bertz CT molecular complexity index is 773. The number of aromatic nitrogens is 1. The number of amides is 2. The zero-order chi connectivity index (χ0) is 20.5. The van der Waals surface area contributed by atoms with Gasteiger partial charge in [0.25, 0.3) is 0 Å². The predicted molar refractivity (Wildman–Crippen MR) is 116 cm³/mol. The second-order valence-corrected chi connectivity index (χ2v) is 8.46. The lowest BCUT2D eigenvalue weighted by atomic mass is 9.80. The maximum absolute atomic E-state index is 12.8. The first-order valence-corrected chi connectivity index (χ1v) is 11.3. The van der Waals surface area contributed by atoms with Crippen molar-refractivity contribution in [3.05, 3.63) is 52.5 Å². The van der Waals surface area contributed by atoms with Crippen LogP contribution in [0.5, 0.6) is 0 Å². The molecule has 1 aliphatic rings. The first-order valence-electron chi connectivity index (χ1n) is 10.4. The highest BCUT2D eigenvalue weighted by atomic mass is 32.1. The van der Waals surface area contributed by atoms with E-state index in [1.165, 1.54) is 11.3 Å².